The molecule has 0 unspecified atom stereocenters. The summed E-state index contributed by atoms with van der Waals surface area (Å²) in [6.07, 6.45) is 6.04. The number of nitrogens with zero attached hydrogens (tertiary/aromatic N) is 5. The number of aromatic carboxylic acids is 1. The minimum atomic E-state index is -1.07. The van der Waals surface area contributed by atoms with Crippen LogP contribution in [0.3, 0.4) is 0 Å². The van der Waals surface area contributed by atoms with Crippen molar-refractivity contribution in [2.24, 2.45) is 0 Å². The van der Waals surface area contributed by atoms with Crippen molar-refractivity contribution >= 4 is 11.8 Å². The van der Waals surface area contributed by atoms with Crippen LogP contribution in [0.25, 0.3) is 5.82 Å². The Morgan fingerprint density at radius 3 is 2.50 bits per heavy atom. The van der Waals surface area contributed by atoms with E-state index in [4.69, 9.17) is 9.84 Å². The molecule has 104 valence electrons. The SMILES string of the molecule is O=C(O)c1cn(-c2nccnc2N2CCOCC2)cn1. The molecule has 1 fully saturated rings. The number of aromatic nitrogens is 4. The molecule has 0 aliphatic carbocycles. The topological polar surface area (TPSA) is 93.4 Å². The van der Waals surface area contributed by atoms with Crippen molar-refractivity contribution in [3.8, 4) is 5.82 Å². The van der Waals surface area contributed by atoms with Crippen molar-refractivity contribution in [2.75, 3.05) is 31.2 Å². The Hall–Kier alpha value is -2.48. The Morgan fingerprint density at radius 2 is 1.85 bits per heavy atom. The average Bonchev–Trinajstić information content (AvgIpc) is 2.98. The van der Waals surface area contributed by atoms with Crippen molar-refractivity contribution in [3.05, 3.63) is 30.6 Å². The minimum absolute atomic E-state index is 0.0245. The highest BCUT2D eigenvalue weighted by atomic mass is 16.5. The van der Waals surface area contributed by atoms with Gasteiger partial charge in [-0.1, -0.05) is 0 Å². The Kier molecular flexibility index (Phi) is 3.30. The van der Waals surface area contributed by atoms with Gasteiger partial charge in [0.05, 0.1) is 13.2 Å². The number of hydrogen-bond acceptors (Lipinski definition) is 6. The Morgan fingerprint density at radius 1 is 1.15 bits per heavy atom. The average molecular weight is 275 g/mol. The van der Waals surface area contributed by atoms with Gasteiger partial charge in [0.15, 0.2) is 17.3 Å². The van der Waals surface area contributed by atoms with Gasteiger partial charge in [-0.15, -0.1) is 0 Å². The van der Waals surface area contributed by atoms with Crippen molar-refractivity contribution in [1.29, 1.82) is 0 Å². The molecule has 1 aliphatic heterocycles. The molecule has 20 heavy (non-hydrogen) atoms. The minimum Gasteiger partial charge on any atom is -0.476 e. The van der Waals surface area contributed by atoms with E-state index in [0.29, 0.717) is 24.8 Å². The Bertz CT molecular complexity index is 621. The summed E-state index contributed by atoms with van der Waals surface area (Å²) in [6, 6.07) is 0. The van der Waals surface area contributed by atoms with E-state index < -0.39 is 5.97 Å². The van der Waals surface area contributed by atoms with E-state index in [9.17, 15) is 4.79 Å². The summed E-state index contributed by atoms with van der Waals surface area (Å²) < 4.78 is 6.89. The number of carbonyl (C=O) groups is 1. The van der Waals surface area contributed by atoms with E-state index in [-0.39, 0.29) is 5.69 Å². The van der Waals surface area contributed by atoms with Gasteiger partial charge in [0.2, 0.25) is 0 Å². The van der Waals surface area contributed by atoms with Crippen LogP contribution in [0.2, 0.25) is 0 Å². The van der Waals surface area contributed by atoms with E-state index >= 15 is 0 Å². The summed E-state index contributed by atoms with van der Waals surface area (Å²) in [4.78, 5) is 25.4. The molecule has 0 spiro atoms. The number of anilines is 1. The summed E-state index contributed by atoms with van der Waals surface area (Å²) in [5.74, 6) is 0.195. The normalized spacial score (nSPS) is 15.3. The van der Waals surface area contributed by atoms with E-state index in [1.165, 1.54) is 12.5 Å². The number of rotatable bonds is 3. The molecule has 0 bridgehead atoms. The van der Waals surface area contributed by atoms with Crippen LogP contribution < -0.4 is 4.90 Å². The first-order valence-electron chi connectivity index (χ1n) is 6.17. The zero-order valence-corrected chi connectivity index (χ0v) is 10.6. The summed E-state index contributed by atoms with van der Waals surface area (Å²) in [5, 5.41) is 8.92. The number of carboxylic acids is 1. The molecular formula is C12H13N5O3. The van der Waals surface area contributed by atoms with Crippen LogP contribution in [0.15, 0.2) is 24.9 Å². The number of hydrogen-bond donors (Lipinski definition) is 1. The number of morpholine rings is 1. The number of ether oxygens (including phenoxy) is 1. The van der Waals surface area contributed by atoms with E-state index in [1.807, 2.05) is 0 Å². The fraction of sp³-hybridized carbons (Fsp3) is 0.333. The quantitative estimate of drug-likeness (QED) is 0.855. The molecule has 2 aromatic heterocycles. The van der Waals surface area contributed by atoms with Crippen LogP contribution in [-0.2, 0) is 4.74 Å². The van der Waals surface area contributed by atoms with Gasteiger partial charge in [-0.3, -0.25) is 4.57 Å². The molecule has 1 aliphatic rings. The molecule has 3 heterocycles. The largest absolute Gasteiger partial charge is 0.476 e. The van der Waals surface area contributed by atoms with Crippen molar-refractivity contribution in [3.63, 3.8) is 0 Å². The van der Waals surface area contributed by atoms with Gasteiger partial charge < -0.3 is 14.7 Å². The van der Waals surface area contributed by atoms with Gasteiger partial charge in [0.1, 0.15) is 6.33 Å². The molecule has 0 saturated carbocycles. The lowest BCUT2D eigenvalue weighted by atomic mass is 10.4. The van der Waals surface area contributed by atoms with Crippen LogP contribution in [0.1, 0.15) is 10.5 Å². The summed E-state index contributed by atoms with van der Waals surface area (Å²) >= 11 is 0. The van der Waals surface area contributed by atoms with E-state index in [2.05, 4.69) is 19.9 Å². The summed E-state index contributed by atoms with van der Waals surface area (Å²) in [7, 11) is 0. The number of imidazole rings is 1. The van der Waals surface area contributed by atoms with Gasteiger partial charge in [0.25, 0.3) is 0 Å². The lowest BCUT2D eigenvalue weighted by Gasteiger charge is -2.28. The predicted molar refractivity (Wildman–Crippen MR) is 69.1 cm³/mol. The standard InChI is InChI=1S/C12H13N5O3/c18-12(19)9-7-17(8-15-9)11-10(13-1-2-14-11)16-3-5-20-6-4-16/h1-2,7-8H,3-6H2,(H,18,19). The molecule has 8 nitrogen and oxygen atoms in total. The Labute approximate surface area is 114 Å². The highest BCUT2D eigenvalue weighted by Crippen LogP contribution is 2.20. The highest BCUT2D eigenvalue weighted by molar-refractivity contribution is 5.85. The smallest absolute Gasteiger partial charge is 0.356 e. The third-order valence-electron chi connectivity index (χ3n) is 3.02. The highest BCUT2D eigenvalue weighted by Gasteiger charge is 2.18. The Balaban J connectivity index is 1.97. The molecule has 1 N–H and O–H groups in total. The molecule has 0 amide bonds. The van der Waals surface area contributed by atoms with Crippen LogP contribution in [0.4, 0.5) is 5.82 Å². The maximum atomic E-state index is 10.9. The molecule has 1 saturated heterocycles. The van der Waals surface area contributed by atoms with Crippen LogP contribution in [-0.4, -0.2) is 56.9 Å². The molecule has 2 aromatic rings. The van der Waals surface area contributed by atoms with E-state index in [1.54, 1.807) is 17.0 Å². The summed E-state index contributed by atoms with van der Waals surface area (Å²) in [5.41, 5.74) is -0.0245. The van der Waals surface area contributed by atoms with Gasteiger partial charge in [-0.2, -0.15) is 0 Å². The molecule has 8 heteroatoms. The maximum absolute atomic E-state index is 10.9. The lowest BCUT2D eigenvalue weighted by Crippen LogP contribution is -2.37. The van der Waals surface area contributed by atoms with Crippen molar-refractivity contribution < 1.29 is 14.6 Å². The second-order valence-corrected chi connectivity index (χ2v) is 4.27. The third kappa shape index (κ3) is 2.32. The molecule has 0 atom stereocenters. The predicted octanol–water partition coefficient (Wildman–Crippen LogP) is 0.197. The molecule has 0 radical (unpaired) electrons. The fourth-order valence-corrected chi connectivity index (χ4v) is 2.05. The van der Waals surface area contributed by atoms with Crippen LogP contribution >= 0.6 is 0 Å². The second-order valence-electron chi connectivity index (χ2n) is 4.27. The van der Waals surface area contributed by atoms with Crippen LogP contribution in [0, 0.1) is 0 Å². The van der Waals surface area contributed by atoms with Gasteiger partial charge in [-0.05, 0) is 0 Å². The first kappa shape index (κ1) is 12.5. The molecular weight excluding hydrogens is 262 g/mol. The first-order chi connectivity index (χ1) is 9.75. The van der Waals surface area contributed by atoms with Gasteiger partial charge >= 0.3 is 5.97 Å². The monoisotopic (exact) mass is 275 g/mol. The first-order valence-corrected chi connectivity index (χ1v) is 6.17. The third-order valence-corrected chi connectivity index (χ3v) is 3.02. The number of carboxylic acid groups (broad SMARTS) is 1. The lowest BCUT2D eigenvalue weighted by molar-refractivity contribution is 0.0691. The van der Waals surface area contributed by atoms with E-state index in [0.717, 1.165) is 13.1 Å². The van der Waals surface area contributed by atoms with Gasteiger partial charge in [-0.25, -0.2) is 19.7 Å². The zero-order chi connectivity index (χ0) is 13.9. The van der Waals surface area contributed by atoms with Gasteiger partial charge in [0, 0.05) is 31.7 Å². The summed E-state index contributed by atoms with van der Waals surface area (Å²) in [6.45, 7) is 2.74. The van der Waals surface area contributed by atoms with Crippen molar-refractivity contribution in [2.45, 2.75) is 0 Å². The molecule has 0 aromatic carbocycles. The van der Waals surface area contributed by atoms with Crippen molar-refractivity contribution in [1.82, 2.24) is 19.5 Å². The molecule has 3 rings (SSSR count). The zero-order valence-electron chi connectivity index (χ0n) is 10.6. The van der Waals surface area contributed by atoms with Crippen LogP contribution in [0.5, 0.6) is 0 Å². The fourth-order valence-electron chi connectivity index (χ4n) is 2.05. The second kappa shape index (κ2) is 5.25. The maximum Gasteiger partial charge on any atom is 0.356 e.